The summed E-state index contributed by atoms with van der Waals surface area (Å²) < 4.78 is 1.28. The number of nitrogens with two attached hydrogens (primary N) is 1. The second-order valence-corrected chi connectivity index (χ2v) is 3.99. The molecule has 0 saturated heterocycles. The summed E-state index contributed by atoms with van der Waals surface area (Å²) in [6.07, 6.45) is 1.81. The summed E-state index contributed by atoms with van der Waals surface area (Å²) in [4.78, 5) is 0. The highest BCUT2D eigenvalue weighted by atomic mass is 127. The zero-order valence-corrected chi connectivity index (χ0v) is 7.01. The van der Waals surface area contributed by atoms with Crippen LogP contribution in [0.5, 0.6) is 0 Å². The van der Waals surface area contributed by atoms with Crippen molar-refractivity contribution in [3.05, 3.63) is 0 Å². The lowest BCUT2D eigenvalue weighted by atomic mass is 11.4. The molecular weight excluding hydrogens is 238 g/mol. The summed E-state index contributed by atoms with van der Waals surface area (Å²) in [6.45, 7) is 0. The van der Waals surface area contributed by atoms with Gasteiger partial charge in [-0.15, -0.1) is 0 Å². The summed E-state index contributed by atoms with van der Waals surface area (Å²) in [6, 6.07) is 0. The molecule has 0 amide bonds. The Morgan fingerprint density at radius 2 is 2.50 bits per heavy atom. The van der Waals surface area contributed by atoms with E-state index in [9.17, 15) is 0 Å². The predicted molar refractivity (Wildman–Crippen MR) is 41.7 cm³/mol. The van der Waals surface area contributed by atoms with Gasteiger partial charge in [0.05, 0.1) is 31.6 Å². The standard InChI is InChI=1S/C2H4IN4P/c3-7(1-4)8-2(5)6/h8H,(H3,5,6). The van der Waals surface area contributed by atoms with Gasteiger partial charge in [0, 0.05) is 0 Å². The molecule has 0 radical (unpaired) electrons. The normalized spacial score (nSPS) is 9.00. The Labute approximate surface area is 62.9 Å². The Kier molecular flexibility index (Phi) is 3.83. The number of nitrogens with zero attached hydrogens (tertiary/aromatic N) is 2. The third kappa shape index (κ3) is 4.09. The monoisotopic (exact) mass is 242 g/mol. The van der Waals surface area contributed by atoms with Gasteiger partial charge in [0.15, 0.2) is 6.19 Å². The van der Waals surface area contributed by atoms with Crippen molar-refractivity contribution >= 4 is 37.2 Å². The fraction of sp³-hybridized carbons (Fsp3) is 0. The molecule has 1 atom stereocenters. The highest BCUT2D eigenvalue weighted by molar-refractivity contribution is 14.1. The van der Waals surface area contributed by atoms with E-state index in [0.29, 0.717) is 0 Å². The first-order valence-corrected chi connectivity index (χ1v) is 3.54. The van der Waals surface area contributed by atoms with Gasteiger partial charge in [-0.1, -0.05) is 0 Å². The first kappa shape index (κ1) is 7.92. The minimum Gasteiger partial charge on any atom is -0.383 e. The average Bonchev–Trinajstić information content (AvgIpc) is 1.65. The Balaban J connectivity index is 3.43. The lowest BCUT2D eigenvalue weighted by molar-refractivity contribution is 1.12. The van der Waals surface area contributed by atoms with Crippen LogP contribution in [0.3, 0.4) is 0 Å². The first-order valence-electron chi connectivity index (χ1n) is 1.63. The van der Waals surface area contributed by atoms with E-state index in [2.05, 4.69) is 0 Å². The Bertz CT molecular complexity index is 128. The predicted octanol–water partition coefficient (Wildman–Crippen LogP) is 0.606. The third-order valence-electron chi connectivity index (χ3n) is 0.306. The zero-order chi connectivity index (χ0) is 6.57. The van der Waals surface area contributed by atoms with Crippen LogP contribution < -0.4 is 5.73 Å². The molecule has 8 heavy (non-hydrogen) atoms. The van der Waals surface area contributed by atoms with Crippen LogP contribution >= 0.6 is 31.6 Å². The third-order valence-corrected chi connectivity index (χ3v) is 1.78. The van der Waals surface area contributed by atoms with Crippen molar-refractivity contribution in [1.29, 1.82) is 10.7 Å². The van der Waals surface area contributed by atoms with E-state index in [0.717, 1.165) is 0 Å². The van der Waals surface area contributed by atoms with Gasteiger partial charge < -0.3 is 5.73 Å². The van der Waals surface area contributed by atoms with Gasteiger partial charge >= 0.3 is 0 Å². The van der Waals surface area contributed by atoms with Crippen molar-refractivity contribution in [2.24, 2.45) is 5.73 Å². The summed E-state index contributed by atoms with van der Waals surface area (Å²) in [5, 5.41) is 14.8. The second-order valence-electron chi connectivity index (χ2n) is 0.906. The number of hydrogen-bond acceptors (Lipinski definition) is 3. The van der Waals surface area contributed by atoms with Crippen molar-refractivity contribution in [3.63, 3.8) is 0 Å². The van der Waals surface area contributed by atoms with Crippen molar-refractivity contribution in [3.8, 4) is 6.19 Å². The minimum absolute atomic E-state index is 0.0176. The molecule has 44 valence electrons. The molecule has 0 bridgehead atoms. The molecule has 0 saturated carbocycles. The highest BCUT2D eigenvalue weighted by Gasteiger charge is 1.94. The van der Waals surface area contributed by atoms with Crippen molar-refractivity contribution in [1.82, 2.24) is 2.88 Å². The number of rotatable bonds is 2. The number of hydrogen-bond donors (Lipinski definition) is 2. The van der Waals surface area contributed by atoms with Gasteiger partial charge in [-0.05, 0) is 0 Å². The maximum atomic E-state index is 8.11. The fourth-order valence-electron chi connectivity index (χ4n) is 0.131. The zero-order valence-electron chi connectivity index (χ0n) is 3.85. The smallest absolute Gasteiger partial charge is 0.192 e. The summed E-state index contributed by atoms with van der Waals surface area (Å²) >= 11 is 1.78. The van der Waals surface area contributed by atoms with Crippen molar-refractivity contribution in [2.45, 2.75) is 0 Å². The lowest BCUT2D eigenvalue weighted by Gasteiger charge is -2.00. The molecule has 0 aliphatic rings. The molecule has 0 aromatic rings. The first-order chi connectivity index (χ1) is 3.66. The summed E-state index contributed by atoms with van der Waals surface area (Å²) in [5.41, 5.74) is 5.00. The Hall–Kier alpha value is -0.0800. The van der Waals surface area contributed by atoms with Gasteiger partial charge in [0.25, 0.3) is 0 Å². The van der Waals surface area contributed by atoms with E-state index in [-0.39, 0.29) is 14.3 Å². The van der Waals surface area contributed by atoms with Gasteiger partial charge in [-0.25, -0.2) is 2.88 Å². The van der Waals surface area contributed by atoms with E-state index < -0.39 is 0 Å². The van der Waals surface area contributed by atoms with Crippen LogP contribution in [0, 0.1) is 16.9 Å². The molecular formula is C2H4IN4P. The van der Waals surface area contributed by atoms with E-state index in [1.807, 2.05) is 6.19 Å². The fourth-order valence-corrected chi connectivity index (χ4v) is 1.17. The summed E-state index contributed by atoms with van der Waals surface area (Å²) in [7, 11) is -0.0176. The van der Waals surface area contributed by atoms with Gasteiger partial charge in [0.1, 0.15) is 5.58 Å². The van der Waals surface area contributed by atoms with Crippen LogP contribution in [0.1, 0.15) is 0 Å². The molecule has 0 aliphatic heterocycles. The lowest BCUT2D eigenvalue weighted by Crippen LogP contribution is -2.05. The Morgan fingerprint density at radius 3 is 2.62 bits per heavy atom. The minimum atomic E-state index is -0.0176. The Morgan fingerprint density at radius 1 is 2.00 bits per heavy atom. The van der Waals surface area contributed by atoms with Crippen LogP contribution in [0.4, 0.5) is 0 Å². The van der Waals surface area contributed by atoms with E-state index in [4.69, 9.17) is 16.4 Å². The molecule has 4 nitrogen and oxygen atoms in total. The number of halogens is 1. The molecule has 1 unspecified atom stereocenters. The van der Waals surface area contributed by atoms with Crippen molar-refractivity contribution < 1.29 is 0 Å². The van der Waals surface area contributed by atoms with Crippen molar-refractivity contribution in [2.75, 3.05) is 0 Å². The highest BCUT2D eigenvalue weighted by Crippen LogP contribution is 2.19. The second kappa shape index (κ2) is 3.87. The maximum Gasteiger partial charge on any atom is 0.192 e. The van der Waals surface area contributed by atoms with Crippen LogP contribution in [-0.4, -0.2) is 8.46 Å². The number of amidine groups is 1. The molecule has 0 aromatic heterocycles. The molecule has 0 aliphatic carbocycles. The molecule has 0 fully saturated rings. The van der Waals surface area contributed by atoms with E-state index in [1.165, 1.54) is 2.88 Å². The average molecular weight is 242 g/mol. The van der Waals surface area contributed by atoms with E-state index in [1.54, 1.807) is 22.9 Å². The summed E-state index contributed by atoms with van der Waals surface area (Å²) in [5.74, 6) is 0. The van der Waals surface area contributed by atoms with Gasteiger partial charge in [-0.2, -0.15) is 5.26 Å². The van der Waals surface area contributed by atoms with Crippen LogP contribution in [0.2, 0.25) is 0 Å². The molecule has 0 aromatic carbocycles. The molecule has 0 spiro atoms. The quantitative estimate of drug-likeness (QED) is 0.141. The SMILES string of the molecule is N#CN(I)PC(=N)N. The maximum absolute atomic E-state index is 8.11. The molecule has 0 heterocycles. The van der Waals surface area contributed by atoms with E-state index >= 15 is 0 Å². The molecule has 6 heteroatoms. The van der Waals surface area contributed by atoms with Gasteiger partial charge in [0.2, 0.25) is 0 Å². The number of nitrogens with one attached hydrogen (secondary N) is 1. The van der Waals surface area contributed by atoms with Gasteiger partial charge in [-0.3, -0.25) is 5.41 Å². The number of nitriles is 1. The largest absolute Gasteiger partial charge is 0.383 e. The molecule has 3 N–H and O–H groups in total. The van der Waals surface area contributed by atoms with Crippen LogP contribution in [0.25, 0.3) is 0 Å². The van der Waals surface area contributed by atoms with Crippen LogP contribution in [0.15, 0.2) is 0 Å². The molecule has 0 rings (SSSR count). The van der Waals surface area contributed by atoms with Crippen LogP contribution in [-0.2, 0) is 0 Å². The topological polar surface area (TPSA) is 76.9 Å².